The Balaban J connectivity index is 1.54. The summed E-state index contributed by atoms with van der Waals surface area (Å²) in [6.45, 7) is 3.55. The summed E-state index contributed by atoms with van der Waals surface area (Å²) in [6, 6.07) is 15.9. The van der Waals surface area contributed by atoms with Gasteiger partial charge in [0.15, 0.2) is 0 Å². The number of amides is 3. The fourth-order valence-corrected chi connectivity index (χ4v) is 3.26. The van der Waals surface area contributed by atoms with Gasteiger partial charge >= 0.3 is 12.0 Å². The van der Waals surface area contributed by atoms with Crippen molar-refractivity contribution in [3.63, 3.8) is 0 Å². The zero-order chi connectivity index (χ0) is 20.9. The largest absolute Gasteiger partial charge is 0.490 e. The first-order valence-electron chi connectivity index (χ1n) is 9.51. The van der Waals surface area contributed by atoms with Crippen LogP contribution in [0.1, 0.15) is 24.5 Å². The van der Waals surface area contributed by atoms with E-state index < -0.39 is 30.0 Å². The van der Waals surface area contributed by atoms with Crippen molar-refractivity contribution in [1.29, 1.82) is 0 Å². The third-order valence-corrected chi connectivity index (χ3v) is 4.90. The van der Waals surface area contributed by atoms with E-state index in [0.29, 0.717) is 17.7 Å². The molecule has 1 saturated heterocycles. The zero-order valence-corrected chi connectivity index (χ0v) is 16.5. The van der Waals surface area contributed by atoms with E-state index >= 15 is 0 Å². The SMILES string of the molecule is CC[C@]1(c2ccccc2)NC(=O)N(CC(=O)OCCOc2ccc(C)cc2)C1=O. The Bertz CT molecular complexity index is 882. The van der Waals surface area contributed by atoms with Crippen molar-refractivity contribution < 1.29 is 23.9 Å². The van der Waals surface area contributed by atoms with Crippen LogP contribution in [-0.2, 0) is 19.9 Å². The molecule has 7 heteroatoms. The maximum Gasteiger partial charge on any atom is 0.326 e. The van der Waals surface area contributed by atoms with Gasteiger partial charge in [-0.1, -0.05) is 55.0 Å². The lowest BCUT2D eigenvalue weighted by molar-refractivity contribution is -0.148. The Hall–Kier alpha value is -3.35. The lowest BCUT2D eigenvalue weighted by Crippen LogP contribution is -2.44. The summed E-state index contributed by atoms with van der Waals surface area (Å²) in [7, 11) is 0. The number of ether oxygens (including phenoxy) is 2. The van der Waals surface area contributed by atoms with Crippen LogP contribution < -0.4 is 10.1 Å². The van der Waals surface area contributed by atoms with Gasteiger partial charge in [-0.15, -0.1) is 0 Å². The van der Waals surface area contributed by atoms with Crippen LogP contribution >= 0.6 is 0 Å². The lowest BCUT2D eigenvalue weighted by Gasteiger charge is -2.25. The van der Waals surface area contributed by atoms with Crippen LogP contribution in [0.25, 0.3) is 0 Å². The highest BCUT2D eigenvalue weighted by molar-refractivity contribution is 6.09. The average molecular weight is 396 g/mol. The number of imide groups is 1. The molecular weight excluding hydrogens is 372 g/mol. The number of nitrogens with one attached hydrogen (secondary N) is 1. The van der Waals surface area contributed by atoms with Crippen molar-refractivity contribution in [1.82, 2.24) is 10.2 Å². The molecule has 3 rings (SSSR count). The smallest absolute Gasteiger partial charge is 0.326 e. The van der Waals surface area contributed by atoms with E-state index in [0.717, 1.165) is 10.5 Å². The van der Waals surface area contributed by atoms with Gasteiger partial charge in [0.2, 0.25) is 0 Å². The summed E-state index contributed by atoms with van der Waals surface area (Å²) < 4.78 is 10.6. The number of esters is 1. The molecule has 2 aromatic carbocycles. The van der Waals surface area contributed by atoms with Crippen molar-refractivity contribution in [2.75, 3.05) is 19.8 Å². The summed E-state index contributed by atoms with van der Waals surface area (Å²) in [6.07, 6.45) is 0.373. The highest BCUT2D eigenvalue weighted by Crippen LogP contribution is 2.32. The second kappa shape index (κ2) is 8.77. The number of urea groups is 1. The van der Waals surface area contributed by atoms with E-state index in [1.807, 2.05) is 44.2 Å². The summed E-state index contributed by atoms with van der Waals surface area (Å²) in [5.41, 5.74) is 0.645. The molecule has 0 spiro atoms. The van der Waals surface area contributed by atoms with Gasteiger partial charge in [0.05, 0.1) is 0 Å². The van der Waals surface area contributed by atoms with Crippen molar-refractivity contribution in [2.45, 2.75) is 25.8 Å². The van der Waals surface area contributed by atoms with Crippen LogP contribution in [0.5, 0.6) is 5.75 Å². The third-order valence-electron chi connectivity index (χ3n) is 4.90. The number of benzene rings is 2. The number of carbonyl (C=O) groups excluding carboxylic acids is 3. The van der Waals surface area contributed by atoms with Gasteiger partial charge in [-0.25, -0.2) is 4.79 Å². The van der Waals surface area contributed by atoms with Gasteiger partial charge in [0.1, 0.15) is 31.0 Å². The first-order chi connectivity index (χ1) is 14.0. The zero-order valence-electron chi connectivity index (χ0n) is 16.5. The van der Waals surface area contributed by atoms with E-state index in [9.17, 15) is 14.4 Å². The Morgan fingerprint density at radius 2 is 1.72 bits per heavy atom. The predicted octanol–water partition coefficient (Wildman–Crippen LogP) is 2.77. The minimum Gasteiger partial charge on any atom is -0.490 e. The molecule has 1 heterocycles. The van der Waals surface area contributed by atoms with Crippen molar-refractivity contribution in [3.05, 3.63) is 65.7 Å². The van der Waals surface area contributed by atoms with E-state index in [2.05, 4.69) is 5.32 Å². The van der Waals surface area contributed by atoms with Gasteiger partial charge in [-0.2, -0.15) is 0 Å². The molecule has 1 aliphatic rings. The molecule has 0 aromatic heterocycles. The standard InChI is InChI=1S/C22H24N2O5/c1-3-22(17-7-5-4-6-8-17)20(26)24(21(27)23-22)15-19(25)29-14-13-28-18-11-9-16(2)10-12-18/h4-12H,3,13-15H2,1-2H3,(H,23,27)/t22-/m1/s1. The highest BCUT2D eigenvalue weighted by Gasteiger charge is 2.51. The Morgan fingerprint density at radius 3 is 2.38 bits per heavy atom. The molecule has 1 fully saturated rings. The van der Waals surface area contributed by atoms with Crippen LogP contribution in [-0.4, -0.2) is 42.6 Å². The maximum atomic E-state index is 13.0. The molecule has 3 amide bonds. The fraction of sp³-hybridized carbons (Fsp3) is 0.318. The van der Waals surface area contributed by atoms with Crippen molar-refractivity contribution in [3.8, 4) is 5.75 Å². The van der Waals surface area contributed by atoms with Crippen LogP contribution in [0.4, 0.5) is 4.79 Å². The van der Waals surface area contributed by atoms with Crippen molar-refractivity contribution >= 4 is 17.9 Å². The van der Waals surface area contributed by atoms with Crippen LogP contribution in [0.15, 0.2) is 54.6 Å². The number of carbonyl (C=O) groups is 3. The quantitative estimate of drug-likeness (QED) is 0.421. The lowest BCUT2D eigenvalue weighted by atomic mass is 9.87. The molecule has 1 aliphatic heterocycles. The molecule has 7 nitrogen and oxygen atoms in total. The van der Waals surface area contributed by atoms with Gasteiger partial charge in [-0.05, 0) is 31.0 Å². The first kappa shape index (κ1) is 20.4. The molecule has 152 valence electrons. The molecule has 1 N–H and O–H groups in total. The van der Waals surface area contributed by atoms with E-state index in [1.54, 1.807) is 24.3 Å². The summed E-state index contributed by atoms with van der Waals surface area (Å²) in [5, 5.41) is 2.74. The molecule has 0 aliphatic carbocycles. The normalized spacial score (nSPS) is 18.5. The molecule has 1 atom stereocenters. The minimum atomic E-state index is -1.16. The predicted molar refractivity (Wildman–Crippen MR) is 106 cm³/mol. The van der Waals surface area contributed by atoms with Gasteiger partial charge in [-0.3, -0.25) is 14.5 Å². The average Bonchev–Trinajstić information content (AvgIpc) is 2.98. The molecule has 0 bridgehead atoms. The second-order valence-corrected chi connectivity index (χ2v) is 6.83. The Kier molecular flexibility index (Phi) is 6.16. The van der Waals surface area contributed by atoms with Crippen LogP contribution in [0.3, 0.4) is 0 Å². The summed E-state index contributed by atoms with van der Waals surface area (Å²) >= 11 is 0. The minimum absolute atomic E-state index is 0.0218. The number of hydrogen-bond donors (Lipinski definition) is 1. The van der Waals surface area contributed by atoms with Gasteiger partial charge in [0.25, 0.3) is 5.91 Å². The van der Waals surface area contributed by atoms with Crippen LogP contribution in [0, 0.1) is 6.92 Å². The molecular formula is C22H24N2O5. The molecule has 0 saturated carbocycles. The van der Waals surface area contributed by atoms with E-state index in [-0.39, 0.29) is 13.2 Å². The molecule has 2 aromatic rings. The first-order valence-corrected chi connectivity index (χ1v) is 9.51. The molecule has 29 heavy (non-hydrogen) atoms. The van der Waals surface area contributed by atoms with Gasteiger partial charge < -0.3 is 14.8 Å². The number of aryl methyl sites for hydroxylation is 1. The maximum absolute atomic E-state index is 13.0. The summed E-state index contributed by atoms with van der Waals surface area (Å²) in [4.78, 5) is 38.4. The van der Waals surface area contributed by atoms with Crippen molar-refractivity contribution in [2.24, 2.45) is 0 Å². The number of rotatable bonds is 8. The number of hydrogen-bond acceptors (Lipinski definition) is 5. The van der Waals surface area contributed by atoms with Gasteiger partial charge in [0, 0.05) is 0 Å². The molecule has 0 unspecified atom stereocenters. The number of nitrogens with zero attached hydrogens (tertiary/aromatic N) is 1. The Morgan fingerprint density at radius 1 is 1.03 bits per heavy atom. The second-order valence-electron chi connectivity index (χ2n) is 6.83. The van der Waals surface area contributed by atoms with Crippen LogP contribution in [0.2, 0.25) is 0 Å². The monoisotopic (exact) mass is 396 g/mol. The highest BCUT2D eigenvalue weighted by atomic mass is 16.6. The van der Waals surface area contributed by atoms with E-state index in [4.69, 9.17) is 9.47 Å². The summed E-state index contributed by atoms with van der Waals surface area (Å²) in [5.74, 6) is -0.443. The third kappa shape index (κ3) is 4.39. The molecule has 0 radical (unpaired) electrons. The fourth-order valence-electron chi connectivity index (χ4n) is 3.26. The van der Waals surface area contributed by atoms with E-state index in [1.165, 1.54) is 0 Å². The topological polar surface area (TPSA) is 84.9 Å². The Labute approximate surface area is 169 Å².